The van der Waals surface area contributed by atoms with Crippen LogP contribution in [0.3, 0.4) is 0 Å². The number of hydrogen-bond acceptors (Lipinski definition) is 2. The molecule has 0 saturated heterocycles. The molecule has 2 aromatic rings. The monoisotopic (exact) mass is 348 g/mol. The minimum absolute atomic E-state index is 0.0105. The van der Waals surface area contributed by atoms with Crippen molar-refractivity contribution in [2.75, 3.05) is 7.11 Å². The molecule has 0 spiro atoms. The molecule has 1 N–H and O–H groups in total. The molecule has 25 heavy (non-hydrogen) atoms. The van der Waals surface area contributed by atoms with Crippen molar-refractivity contribution in [1.29, 1.82) is 0 Å². The van der Waals surface area contributed by atoms with Gasteiger partial charge in [-0.15, -0.1) is 0 Å². The molecule has 0 fully saturated rings. The summed E-state index contributed by atoms with van der Waals surface area (Å²) in [5.41, 5.74) is 1.87. The van der Waals surface area contributed by atoms with Crippen LogP contribution in [0.2, 0.25) is 0 Å². The summed E-state index contributed by atoms with van der Waals surface area (Å²) in [6.45, 7) is 6.02. The minimum Gasteiger partial charge on any atom is -0.497 e. The Labute approximate surface area is 148 Å². The lowest BCUT2D eigenvalue weighted by molar-refractivity contribution is 0.275. The third-order valence-corrected chi connectivity index (χ3v) is 4.50. The second-order valence-corrected chi connectivity index (χ2v) is 7.20. The van der Waals surface area contributed by atoms with E-state index < -0.39 is 11.6 Å². The largest absolute Gasteiger partial charge is 0.497 e. The summed E-state index contributed by atoms with van der Waals surface area (Å²) in [6, 6.07) is 7.42. The van der Waals surface area contributed by atoms with Gasteiger partial charge in [0, 0.05) is 11.1 Å². The van der Waals surface area contributed by atoms with Crippen LogP contribution in [0, 0.1) is 17.0 Å². The van der Waals surface area contributed by atoms with Crippen LogP contribution < -0.4 is 4.74 Å². The molecule has 0 atom stereocenters. The Morgan fingerprint density at radius 1 is 1.00 bits per heavy atom. The predicted molar refractivity (Wildman–Crippen MR) is 96.7 cm³/mol. The first kappa shape index (κ1) is 19.4. The summed E-state index contributed by atoms with van der Waals surface area (Å²) in [5, 5.41) is 9.41. The lowest BCUT2D eigenvalue weighted by Crippen LogP contribution is -2.16. The number of aliphatic hydroxyl groups excluding tert-OH is 1. The summed E-state index contributed by atoms with van der Waals surface area (Å²) in [5.74, 6) is -0.440. The zero-order valence-electron chi connectivity index (χ0n) is 15.3. The highest BCUT2D eigenvalue weighted by Gasteiger charge is 2.22. The van der Waals surface area contributed by atoms with Gasteiger partial charge in [-0.3, -0.25) is 0 Å². The average molecular weight is 348 g/mol. The smallest absolute Gasteiger partial charge is 0.131 e. The van der Waals surface area contributed by atoms with Crippen molar-refractivity contribution >= 4 is 0 Å². The Morgan fingerprint density at radius 3 is 2.32 bits per heavy atom. The summed E-state index contributed by atoms with van der Waals surface area (Å²) in [7, 11) is 1.51. The number of benzene rings is 2. The van der Waals surface area contributed by atoms with Crippen LogP contribution in [0.5, 0.6) is 5.75 Å². The molecule has 0 unspecified atom stereocenters. The van der Waals surface area contributed by atoms with E-state index in [9.17, 15) is 13.9 Å². The standard InChI is InChI=1S/C21H26F2O2/c1-5-8-21(2,3)12-14-9-15(13-24)20(23)11-17(14)18-10-16(25-4)6-7-19(18)22/h6-7,9-11,24H,5,8,12-13H2,1-4H3. The number of ether oxygens (including phenoxy) is 1. The topological polar surface area (TPSA) is 29.5 Å². The predicted octanol–water partition coefficient (Wildman–Crippen LogP) is 5.50. The second-order valence-electron chi connectivity index (χ2n) is 7.20. The van der Waals surface area contributed by atoms with Gasteiger partial charge in [0.15, 0.2) is 0 Å². The number of halogens is 2. The number of rotatable bonds is 7. The molecule has 2 nitrogen and oxygen atoms in total. The third-order valence-electron chi connectivity index (χ3n) is 4.50. The first-order chi connectivity index (χ1) is 11.8. The van der Waals surface area contributed by atoms with Crippen LogP contribution in [0.1, 0.15) is 44.7 Å². The SMILES string of the molecule is CCCC(C)(C)Cc1cc(CO)c(F)cc1-c1cc(OC)ccc1F. The lowest BCUT2D eigenvalue weighted by Gasteiger charge is -2.26. The third kappa shape index (κ3) is 4.57. The normalized spacial score (nSPS) is 11.6. The Morgan fingerprint density at radius 2 is 1.72 bits per heavy atom. The molecule has 0 aliphatic carbocycles. The van der Waals surface area contributed by atoms with E-state index in [2.05, 4.69) is 20.8 Å². The van der Waals surface area contributed by atoms with Gasteiger partial charge in [-0.1, -0.05) is 27.2 Å². The van der Waals surface area contributed by atoms with Gasteiger partial charge in [0.2, 0.25) is 0 Å². The summed E-state index contributed by atoms with van der Waals surface area (Å²) >= 11 is 0. The van der Waals surface area contributed by atoms with Crippen molar-refractivity contribution < 1.29 is 18.6 Å². The molecule has 0 aliphatic heterocycles. The Kier molecular flexibility index (Phi) is 6.17. The quantitative estimate of drug-likeness (QED) is 0.716. The molecule has 0 saturated carbocycles. The molecule has 0 bridgehead atoms. The lowest BCUT2D eigenvalue weighted by atomic mass is 9.79. The highest BCUT2D eigenvalue weighted by molar-refractivity contribution is 5.70. The average Bonchev–Trinajstić information content (AvgIpc) is 2.56. The van der Waals surface area contributed by atoms with Crippen molar-refractivity contribution in [2.45, 2.75) is 46.6 Å². The molecular weight excluding hydrogens is 322 g/mol. The highest BCUT2D eigenvalue weighted by atomic mass is 19.1. The highest BCUT2D eigenvalue weighted by Crippen LogP contribution is 2.36. The molecule has 2 rings (SSSR count). The van der Waals surface area contributed by atoms with Crippen LogP contribution in [-0.2, 0) is 13.0 Å². The molecule has 136 valence electrons. The van der Waals surface area contributed by atoms with Crippen LogP contribution in [-0.4, -0.2) is 12.2 Å². The van der Waals surface area contributed by atoms with Gasteiger partial charge < -0.3 is 9.84 Å². The zero-order valence-corrected chi connectivity index (χ0v) is 15.3. The fourth-order valence-corrected chi connectivity index (χ4v) is 3.31. The van der Waals surface area contributed by atoms with Gasteiger partial charge in [0.25, 0.3) is 0 Å². The van der Waals surface area contributed by atoms with Gasteiger partial charge in [-0.05, 0) is 59.7 Å². The molecule has 0 aromatic heterocycles. The van der Waals surface area contributed by atoms with Crippen molar-refractivity contribution in [3.8, 4) is 16.9 Å². The molecular formula is C21H26F2O2. The molecule has 0 aliphatic rings. The zero-order chi connectivity index (χ0) is 18.6. The Balaban J connectivity index is 2.62. The minimum atomic E-state index is -0.531. The first-order valence-electron chi connectivity index (χ1n) is 8.57. The number of methoxy groups -OCH3 is 1. The van der Waals surface area contributed by atoms with E-state index >= 15 is 0 Å². The van der Waals surface area contributed by atoms with Crippen molar-refractivity contribution in [3.05, 3.63) is 53.1 Å². The second kappa shape index (κ2) is 7.96. The number of hydrogen-bond donors (Lipinski definition) is 1. The van der Waals surface area contributed by atoms with E-state index in [4.69, 9.17) is 4.74 Å². The maximum Gasteiger partial charge on any atom is 0.131 e. The van der Waals surface area contributed by atoms with E-state index in [0.29, 0.717) is 23.3 Å². The van der Waals surface area contributed by atoms with Crippen LogP contribution >= 0.6 is 0 Å². The Bertz CT molecular complexity index is 739. The maximum atomic E-state index is 14.4. The van der Waals surface area contributed by atoms with Gasteiger partial charge in [0.1, 0.15) is 17.4 Å². The maximum absolute atomic E-state index is 14.4. The van der Waals surface area contributed by atoms with E-state index in [1.54, 1.807) is 12.1 Å². The van der Waals surface area contributed by atoms with Crippen molar-refractivity contribution in [1.82, 2.24) is 0 Å². The summed E-state index contributed by atoms with van der Waals surface area (Å²) < 4.78 is 33.9. The van der Waals surface area contributed by atoms with Crippen molar-refractivity contribution in [3.63, 3.8) is 0 Å². The van der Waals surface area contributed by atoms with Crippen LogP contribution in [0.25, 0.3) is 11.1 Å². The van der Waals surface area contributed by atoms with Gasteiger partial charge in [0.05, 0.1) is 13.7 Å². The first-order valence-corrected chi connectivity index (χ1v) is 8.57. The van der Waals surface area contributed by atoms with Gasteiger partial charge >= 0.3 is 0 Å². The Hall–Kier alpha value is -1.94. The van der Waals surface area contributed by atoms with Crippen molar-refractivity contribution in [2.24, 2.45) is 5.41 Å². The van der Waals surface area contributed by atoms with Crippen LogP contribution in [0.4, 0.5) is 8.78 Å². The fourth-order valence-electron chi connectivity index (χ4n) is 3.31. The molecule has 2 aromatic carbocycles. The summed E-state index contributed by atoms with van der Waals surface area (Å²) in [4.78, 5) is 0. The number of aliphatic hydroxyl groups is 1. The van der Waals surface area contributed by atoms with Gasteiger partial charge in [-0.2, -0.15) is 0 Å². The molecule has 0 radical (unpaired) electrons. The molecule has 4 heteroatoms. The molecule has 0 heterocycles. The van der Waals surface area contributed by atoms with E-state index in [-0.39, 0.29) is 17.6 Å². The molecule has 0 amide bonds. The van der Waals surface area contributed by atoms with E-state index in [0.717, 1.165) is 18.4 Å². The van der Waals surface area contributed by atoms with E-state index in [1.165, 1.54) is 25.3 Å². The van der Waals surface area contributed by atoms with E-state index in [1.807, 2.05) is 0 Å². The fraction of sp³-hybridized carbons (Fsp3) is 0.429. The summed E-state index contributed by atoms with van der Waals surface area (Å²) in [6.07, 6.45) is 2.70. The van der Waals surface area contributed by atoms with Gasteiger partial charge in [-0.25, -0.2) is 8.78 Å². The van der Waals surface area contributed by atoms with Crippen LogP contribution in [0.15, 0.2) is 30.3 Å².